The topological polar surface area (TPSA) is 70.8 Å². The third kappa shape index (κ3) is 6.21. The van der Waals surface area contributed by atoms with Crippen LogP contribution in [0.3, 0.4) is 0 Å². The Morgan fingerprint density at radius 3 is 2.48 bits per heavy atom. The van der Waals surface area contributed by atoms with Gasteiger partial charge >= 0.3 is 0 Å². The Kier molecular flexibility index (Phi) is 7.89. The van der Waals surface area contributed by atoms with Crippen LogP contribution in [0.2, 0.25) is 5.02 Å². The molecule has 0 amide bonds. The molecular formula is C23H27ClN4O3. The number of benzene rings is 2. The first-order valence-corrected chi connectivity index (χ1v) is 10.6. The quantitative estimate of drug-likeness (QED) is 0.322. The van der Waals surface area contributed by atoms with Crippen LogP contribution in [0, 0.1) is 6.92 Å². The molecule has 0 aliphatic heterocycles. The summed E-state index contributed by atoms with van der Waals surface area (Å²) in [5.74, 6) is 2.30. The van der Waals surface area contributed by atoms with E-state index >= 15 is 0 Å². The average Bonchev–Trinajstić information content (AvgIpc) is 3.25. The zero-order valence-electron chi connectivity index (χ0n) is 18.2. The van der Waals surface area contributed by atoms with Crippen molar-refractivity contribution in [3.05, 3.63) is 64.7 Å². The molecule has 0 saturated heterocycles. The lowest BCUT2D eigenvalue weighted by atomic mass is 10.0. The molecule has 0 radical (unpaired) electrons. The lowest BCUT2D eigenvalue weighted by Crippen LogP contribution is -2.11. The minimum atomic E-state index is 0.333. The van der Waals surface area contributed by atoms with Crippen LogP contribution in [-0.4, -0.2) is 40.9 Å². The predicted octanol–water partition coefficient (Wildman–Crippen LogP) is 5.10. The van der Waals surface area contributed by atoms with Crippen LogP contribution < -0.4 is 14.2 Å². The summed E-state index contributed by atoms with van der Waals surface area (Å²) in [6.45, 7) is 9.46. The van der Waals surface area contributed by atoms with Crippen molar-refractivity contribution in [2.75, 3.05) is 19.8 Å². The number of nitrogens with zero attached hydrogens (tertiary/aromatic N) is 4. The first kappa shape index (κ1) is 22.6. The normalized spacial score (nSPS) is 11.3. The van der Waals surface area contributed by atoms with Gasteiger partial charge in [0.05, 0.1) is 17.8 Å². The lowest BCUT2D eigenvalue weighted by molar-refractivity contribution is 0.207. The molecule has 8 heteroatoms. The second-order valence-electron chi connectivity index (χ2n) is 7.24. The lowest BCUT2D eigenvalue weighted by Gasteiger charge is -2.17. The summed E-state index contributed by atoms with van der Waals surface area (Å²) in [6.07, 6.45) is 4.64. The monoisotopic (exact) mass is 442 g/mol. The summed E-state index contributed by atoms with van der Waals surface area (Å²) in [5.41, 5.74) is 3.10. The number of hydrogen-bond donors (Lipinski definition) is 0. The Balaban J connectivity index is 1.68. The standard InChI is InChI=1S/C23H27ClN4O3/c1-5-29-22-12-18(13-27-28-14-25-26-15-28)11-20(24)23(22)31-9-8-30-21-10-17(4)6-7-19(21)16(2)3/h6-7,10-16H,5,8-9H2,1-4H3. The van der Waals surface area contributed by atoms with E-state index in [4.69, 9.17) is 25.8 Å². The van der Waals surface area contributed by atoms with Crippen LogP contribution in [0.5, 0.6) is 17.2 Å². The van der Waals surface area contributed by atoms with Gasteiger partial charge in [-0.25, -0.2) is 4.68 Å². The smallest absolute Gasteiger partial charge is 0.179 e. The van der Waals surface area contributed by atoms with Gasteiger partial charge in [-0.3, -0.25) is 0 Å². The second kappa shape index (κ2) is 10.8. The molecule has 0 N–H and O–H groups in total. The Labute approximate surface area is 187 Å². The molecule has 0 aliphatic carbocycles. The maximum absolute atomic E-state index is 6.48. The van der Waals surface area contributed by atoms with Crippen LogP contribution in [0.25, 0.3) is 0 Å². The molecule has 0 aliphatic rings. The number of hydrogen-bond acceptors (Lipinski definition) is 6. The minimum absolute atomic E-state index is 0.333. The van der Waals surface area contributed by atoms with E-state index in [0.717, 1.165) is 16.9 Å². The third-order valence-electron chi connectivity index (χ3n) is 4.46. The molecule has 3 rings (SSSR count). The van der Waals surface area contributed by atoms with Crippen molar-refractivity contribution in [1.82, 2.24) is 14.9 Å². The van der Waals surface area contributed by atoms with Gasteiger partial charge in [-0.2, -0.15) is 5.10 Å². The van der Waals surface area contributed by atoms with E-state index in [-0.39, 0.29) is 0 Å². The summed E-state index contributed by atoms with van der Waals surface area (Å²) >= 11 is 6.48. The van der Waals surface area contributed by atoms with Gasteiger partial charge < -0.3 is 14.2 Å². The fourth-order valence-electron chi connectivity index (χ4n) is 2.99. The summed E-state index contributed by atoms with van der Waals surface area (Å²) in [6, 6.07) is 9.86. The van der Waals surface area contributed by atoms with E-state index in [9.17, 15) is 0 Å². The molecule has 1 heterocycles. The fourth-order valence-corrected chi connectivity index (χ4v) is 3.27. The van der Waals surface area contributed by atoms with Crippen LogP contribution in [0.1, 0.15) is 43.4 Å². The maximum atomic E-state index is 6.48. The highest BCUT2D eigenvalue weighted by molar-refractivity contribution is 6.32. The molecule has 0 spiro atoms. The molecule has 0 fully saturated rings. The highest BCUT2D eigenvalue weighted by Crippen LogP contribution is 2.36. The van der Waals surface area contributed by atoms with Gasteiger partial charge in [0.25, 0.3) is 0 Å². The number of aromatic nitrogens is 3. The van der Waals surface area contributed by atoms with Crippen LogP contribution in [-0.2, 0) is 0 Å². The zero-order chi connectivity index (χ0) is 22.2. The second-order valence-corrected chi connectivity index (χ2v) is 7.65. The molecule has 0 atom stereocenters. The van der Waals surface area contributed by atoms with Crippen molar-refractivity contribution in [2.45, 2.75) is 33.6 Å². The molecule has 0 unspecified atom stereocenters. The van der Waals surface area contributed by atoms with Crippen LogP contribution in [0.4, 0.5) is 0 Å². The fraction of sp³-hybridized carbons (Fsp3) is 0.348. The molecular weight excluding hydrogens is 416 g/mol. The zero-order valence-corrected chi connectivity index (χ0v) is 19.0. The van der Waals surface area contributed by atoms with Gasteiger partial charge in [0, 0.05) is 0 Å². The first-order valence-electron chi connectivity index (χ1n) is 10.2. The van der Waals surface area contributed by atoms with Crippen molar-refractivity contribution in [2.24, 2.45) is 5.10 Å². The van der Waals surface area contributed by atoms with Gasteiger partial charge in [0.1, 0.15) is 31.6 Å². The predicted molar refractivity (Wildman–Crippen MR) is 122 cm³/mol. The van der Waals surface area contributed by atoms with Crippen LogP contribution in [0.15, 0.2) is 48.1 Å². The molecule has 31 heavy (non-hydrogen) atoms. The SMILES string of the molecule is CCOc1cc(C=Nn2cnnc2)cc(Cl)c1OCCOc1cc(C)ccc1C(C)C. The molecule has 164 valence electrons. The van der Waals surface area contributed by atoms with Gasteiger partial charge in [-0.1, -0.05) is 37.6 Å². The van der Waals surface area contributed by atoms with Gasteiger partial charge in [0.15, 0.2) is 11.5 Å². The Morgan fingerprint density at radius 2 is 1.77 bits per heavy atom. The van der Waals surface area contributed by atoms with Crippen molar-refractivity contribution in [1.29, 1.82) is 0 Å². The summed E-state index contributed by atoms with van der Waals surface area (Å²) < 4.78 is 19.2. The first-order chi connectivity index (χ1) is 15.0. The molecule has 0 saturated carbocycles. The van der Waals surface area contributed by atoms with E-state index in [1.165, 1.54) is 22.9 Å². The number of ether oxygens (including phenoxy) is 3. The minimum Gasteiger partial charge on any atom is -0.490 e. The Bertz CT molecular complexity index is 1020. The summed E-state index contributed by atoms with van der Waals surface area (Å²) in [5, 5.41) is 12.1. The molecule has 2 aromatic carbocycles. The van der Waals surface area contributed by atoms with Crippen LogP contribution >= 0.6 is 11.6 Å². The van der Waals surface area contributed by atoms with Gasteiger partial charge in [-0.05, 0) is 54.7 Å². The van der Waals surface area contributed by atoms with Crippen molar-refractivity contribution in [3.63, 3.8) is 0 Å². The number of halogens is 1. The molecule has 3 aromatic rings. The van der Waals surface area contributed by atoms with Gasteiger partial charge in [0.2, 0.25) is 0 Å². The molecule has 7 nitrogen and oxygen atoms in total. The van der Waals surface area contributed by atoms with Crippen molar-refractivity contribution < 1.29 is 14.2 Å². The van der Waals surface area contributed by atoms with E-state index in [1.807, 2.05) is 13.0 Å². The Morgan fingerprint density at radius 1 is 1.03 bits per heavy atom. The van der Waals surface area contributed by atoms with E-state index in [0.29, 0.717) is 42.3 Å². The summed E-state index contributed by atoms with van der Waals surface area (Å²) in [4.78, 5) is 0. The van der Waals surface area contributed by atoms with E-state index in [1.54, 1.807) is 12.3 Å². The van der Waals surface area contributed by atoms with E-state index < -0.39 is 0 Å². The number of rotatable bonds is 10. The van der Waals surface area contributed by atoms with Crippen molar-refractivity contribution in [3.8, 4) is 17.2 Å². The Hall–Kier alpha value is -3.06. The van der Waals surface area contributed by atoms with Gasteiger partial charge in [-0.15, -0.1) is 10.2 Å². The highest BCUT2D eigenvalue weighted by atomic mass is 35.5. The highest BCUT2D eigenvalue weighted by Gasteiger charge is 2.13. The van der Waals surface area contributed by atoms with Crippen molar-refractivity contribution >= 4 is 17.8 Å². The molecule has 1 aromatic heterocycles. The average molecular weight is 443 g/mol. The largest absolute Gasteiger partial charge is 0.490 e. The summed E-state index contributed by atoms with van der Waals surface area (Å²) in [7, 11) is 0. The molecule has 0 bridgehead atoms. The maximum Gasteiger partial charge on any atom is 0.179 e. The third-order valence-corrected chi connectivity index (χ3v) is 4.74. The number of aryl methyl sites for hydroxylation is 1. The van der Waals surface area contributed by atoms with E-state index in [2.05, 4.69) is 54.3 Å².